The Labute approximate surface area is 251 Å². The first-order valence-electron chi connectivity index (χ1n) is 15.3. The Balaban J connectivity index is 1.48. The molecule has 0 spiro atoms. The van der Waals surface area contributed by atoms with E-state index in [-0.39, 0.29) is 23.7 Å². The van der Waals surface area contributed by atoms with Gasteiger partial charge in [0, 0.05) is 6.07 Å². The fraction of sp³-hybridized carbons (Fsp3) is 0.545. The maximum atomic E-state index is 13.2. The zero-order valence-electron chi connectivity index (χ0n) is 24.7. The molecule has 2 heterocycles. The second kappa shape index (κ2) is 16.6. The first kappa shape index (κ1) is 32.8. The van der Waals surface area contributed by atoms with Gasteiger partial charge in [0.1, 0.15) is 42.4 Å². The molecule has 0 saturated carbocycles. The minimum atomic E-state index is -1.72. The van der Waals surface area contributed by atoms with E-state index in [9.17, 15) is 25.2 Å². The standard InChI is InChI=1S/C33H44O10/c1-2-3-4-5-6-7-8-9-13-18-39-23-16-17-24-25(19-23)41-32(38)31(30(24)40-21-22-14-11-10-12-15-22)43-33-29(37)28(36)27(35)26(20-34)42-33/h10-12,14-17,19,26-29,33-37H,2-9,13,18,20-21H2,1H3/t26-,27-,28+,29-,33+/m1/s1. The van der Waals surface area contributed by atoms with E-state index in [2.05, 4.69) is 6.92 Å². The SMILES string of the molecule is CCCCCCCCCCCOc1ccc2c(OCc3ccccc3)c(O[C@@H]3O[C@H](CO)[C@@H](O)[C@H](O)[C@H]3O)c(=O)oc2c1. The van der Waals surface area contributed by atoms with Crippen LogP contribution in [0.1, 0.15) is 70.3 Å². The molecule has 5 atom stereocenters. The van der Waals surface area contributed by atoms with Crippen LogP contribution in [0.5, 0.6) is 17.2 Å². The summed E-state index contributed by atoms with van der Waals surface area (Å²) in [6.45, 7) is 2.22. The van der Waals surface area contributed by atoms with E-state index >= 15 is 0 Å². The lowest BCUT2D eigenvalue weighted by Crippen LogP contribution is -2.60. The minimum Gasteiger partial charge on any atom is -0.493 e. The van der Waals surface area contributed by atoms with Gasteiger partial charge in [-0.25, -0.2) is 4.79 Å². The van der Waals surface area contributed by atoms with Gasteiger partial charge in [0.2, 0.25) is 6.29 Å². The largest absolute Gasteiger partial charge is 0.493 e. The second-order valence-corrected chi connectivity index (χ2v) is 11.0. The maximum Gasteiger partial charge on any atom is 0.383 e. The lowest BCUT2D eigenvalue weighted by atomic mass is 9.99. The summed E-state index contributed by atoms with van der Waals surface area (Å²) in [5, 5.41) is 40.7. The van der Waals surface area contributed by atoms with Crippen molar-refractivity contribution in [1.82, 2.24) is 0 Å². The van der Waals surface area contributed by atoms with Crippen molar-refractivity contribution in [3.63, 3.8) is 0 Å². The fourth-order valence-corrected chi connectivity index (χ4v) is 5.08. The van der Waals surface area contributed by atoms with Crippen molar-refractivity contribution in [1.29, 1.82) is 0 Å². The molecule has 0 bridgehead atoms. The van der Waals surface area contributed by atoms with Gasteiger partial charge >= 0.3 is 5.63 Å². The van der Waals surface area contributed by atoms with Crippen molar-refractivity contribution in [3.05, 3.63) is 64.5 Å². The second-order valence-electron chi connectivity index (χ2n) is 11.0. The van der Waals surface area contributed by atoms with Crippen LogP contribution in [0.3, 0.4) is 0 Å². The average molecular weight is 601 g/mol. The molecule has 1 aliphatic heterocycles. The molecule has 10 heteroatoms. The third kappa shape index (κ3) is 8.93. The smallest absolute Gasteiger partial charge is 0.383 e. The van der Waals surface area contributed by atoms with E-state index in [1.807, 2.05) is 30.3 Å². The number of aliphatic hydroxyl groups excluding tert-OH is 4. The summed E-state index contributed by atoms with van der Waals surface area (Å²) in [5.41, 5.74) is 0.158. The highest BCUT2D eigenvalue weighted by Gasteiger charge is 2.45. The predicted molar refractivity (Wildman–Crippen MR) is 160 cm³/mol. The number of ether oxygens (including phenoxy) is 4. The van der Waals surface area contributed by atoms with Crippen molar-refractivity contribution in [2.24, 2.45) is 0 Å². The van der Waals surface area contributed by atoms with Crippen LogP contribution in [0.4, 0.5) is 0 Å². The number of fused-ring (bicyclic) bond motifs is 1. The average Bonchev–Trinajstić information content (AvgIpc) is 3.02. The molecule has 4 rings (SSSR count). The number of rotatable bonds is 17. The van der Waals surface area contributed by atoms with E-state index in [0.29, 0.717) is 17.7 Å². The van der Waals surface area contributed by atoms with Crippen molar-refractivity contribution in [2.75, 3.05) is 13.2 Å². The molecular weight excluding hydrogens is 556 g/mol. The number of unbranched alkanes of at least 4 members (excludes halogenated alkanes) is 8. The molecule has 4 N–H and O–H groups in total. The third-order valence-corrected chi connectivity index (χ3v) is 7.62. The van der Waals surface area contributed by atoms with E-state index in [1.165, 1.54) is 44.9 Å². The predicted octanol–water partition coefficient (Wildman–Crippen LogP) is 4.46. The summed E-state index contributed by atoms with van der Waals surface area (Å²) in [7, 11) is 0. The van der Waals surface area contributed by atoms with Gasteiger partial charge in [-0.2, -0.15) is 0 Å². The van der Waals surface area contributed by atoms with E-state index in [0.717, 1.165) is 18.4 Å². The Bertz CT molecular complexity index is 1310. The van der Waals surface area contributed by atoms with Crippen LogP contribution < -0.4 is 19.8 Å². The Morgan fingerprint density at radius 2 is 1.49 bits per heavy atom. The van der Waals surface area contributed by atoms with Crippen molar-refractivity contribution < 1.29 is 43.8 Å². The zero-order chi connectivity index (χ0) is 30.6. The van der Waals surface area contributed by atoms with Crippen molar-refractivity contribution >= 4 is 11.0 Å². The van der Waals surface area contributed by atoms with Gasteiger partial charge in [0.15, 0.2) is 5.75 Å². The molecular formula is C33H44O10. The molecule has 0 radical (unpaired) electrons. The van der Waals surface area contributed by atoms with E-state index in [4.69, 9.17) is 23.4 Å². The molecule has 3 aromatic rings. The molecule has 2 aromatic carbocycles. The van der Waals surface area contributed by atoms with Crippen LogP contribution in [0.15, 0.2) is 57.7 Å². The zero-order valence-corrected chi connectivity index (χ0v) is 24.7. The molecule has 10 nitrogen and oxygen atoms in total. The Morgan fingerprint density at radius 1 is 0.791 bits per heavy atom. The molecule has 43 heavy (non-hydrogen) atoms. The normalized spacial score (nSPS) is 22.0. The van der Waals surface area contributed by atoms with Gasteiger partial charge in [-0.15, -0.1) is 0 Å². The number of benzene rings is 2. The number of hydrogen-bond acceptors (Lipinski definition) is 10. The molecule has 1 saturated heterocycles. The van der Waals surface area contributed by atoms with Gasteiger partial charge in [-0.05, 0) is 24.1 Å². The maximum absolute atomic E-state index is 13.2. The summed E-state index contributed by atoms with van der Waals surface area (Å²) in [5.74, 6) is 0.223. The molecule has 0 aliphatic carbocycles. The number of aliphatic hydroxyl groups is 4. The van der Waals surface area contributed by atoms with Gasteiger partial charge in [0.25, 0.3) is 5.75 Å². The quantitative estimate of drug-likeness (QED) is 0.129. The summed E-state index contributed by atoms with van der Waals surface area (Å²) in [6.07, 6.45) is 3.14. The highest BCUT2D eigenvalue weighted by atomic mass is 16.7. The van der Waals surface area contributed by atoms with Crippen LogP contribution >= 0.6 is 0 Å². The van der Waals surface area contributed by atoms with Gasteiger partial charge in [-0.3, -0.25) is 0 Å². The molecule has 0 unspecified atom stereocenters. The Kier molecular flexibility index (Phi) is 12.7. The summed E-state index contributed by atoms with van der Waals surface area (Å²) in [4.78, 5) is 13.2. The highest BCUT2D eigenvalue weighted by molar-refractivity contribution is 5.86. The van der Waals surface area contributed by atoms with Crippen LogP contribution in [-0.2, 0) is 11.3 Å². The fourth-order valence-electron chi connectivity index (χ4n) is 5.08. The van der Waals surface area contributed by atoms with Gasteiger partial charge in [-0.1, -0.05) is 88.6 Å². The molecule has 1 aliphatic rings. The summed E-state index contributed by atoms with van der Waals surface area (Å²) in [6, 6.07) is 14.4. The Hall–Kier alpha value is -3.15. The summed E-state index contributed by atoms with van der Waals surface area (Å²) < 4.78 is 28.8. The first-order chi connectivity index (χ1) is 20.9. The lowest BCUT2D eigenvalue weighted by Gasteiger charge is -2.39. The van der Waals surface area contributed by atoms with Crippen molar-refractivity contribution in [3.8, 4) is 17.2 Å². The van der Waals surface area contributed by atoms with Crippen LogP contribution in [0.2, 0.25) is 0 Å². The number of hydrogen-bond donors (Lipinski definition) is 4. The molecule has 0 amide bonds. The van der Waals surface area contributed by atoms with Gasteiger partial charge < -0.3 is 43.8 Å². The topological polar surface area (TPSA) is 148 Å². The van der Waals surface area contributed by atoms with Crippen LogP contribution in [0, 0.1) is 0 Å². The van der Waals surface area contributed by atoms with E-state index in [1.54, 1.807) is 18.2 Å². The van der Waals surface area contributed by atoms with Crippen molar-refractivity contribution in [2.45, 2.75) is 102 Å². The van der Waals surface area contributed by atoms with E-state index < -0.39 is 42.9 Å². The monoisotopic (exact) mass is 600 g/mol. The third-order valence-electron chi connectivity index (χ3n) is 7.62. The van der Waals surface area contributed by atoms with Crippen LogP contribution in [0.25, 0.3) is 11.0 Å². The molecule has 1 aromatic heterocycles. The lowest BCUT2D eigenvalue weighted by molar-refractivity contribution is -0.278. The molecule has 1 fully saturated rings. The molecule has 236 valence electrons. The minimum absolute atomic E-state index is 0.0533. The van der Waals surface area contributed by atoms with Crippen LogP contribution in [-0.4, -0.2) is 64.3 Å². The first-order valence-corrected chi connectivity index (χ1v) is 15.3. The van der Waals surface area contributed by atoms with Gasteiger partial charge in [0.05, 0.1) is 18.6 Å². The summed E-state index contributed by atoms with van der Waals surface area (Å²) >= 11 is 0. The Morgan fingerprint density at radius 3 is 2.19 bits per heavy atom. The highest BCUT2D eigenvalue weighted by Crippen LogP contribution is 2.37.